The van der Waals surface area contributed by atoms with Gasteiger partial charge in [-0.1, -0.05) is 36.8 Å². The van der Waals surface area contributed by atoms with Crippen molar-refractivity contribution in [3.63, 3.8) is 0 Å². The minimum Gasteiger partial charge on any atom is -0.495 e. The number of pyridine rings is 1. The second kappa shape index (κ2) is 5.84. The number of hydrazine groups is 1. The van der Waals surface area contributed by atoms with Crippen molar-refractivity contribution in [3.8, 4) is 5.75 Å². The van der Waals surface area contributed by atoms with E-state index in [2.05, 4.69) is 34.7 Å². The Hall–Kier alpha value is -1.91. The third kappa shape index (κ3) is 2.30. The fourth-order valence-corrected chi connectivity index (χ4v) is 3.36. The molecule has 21 heavy (non-hydrogen) atoms. The number of nitrogens with one attached hydrogen (secondary N) is 1. The summed E-state index contributed by atoms with van der Waals surface area (Å²) in [6.07, 6.45) is 5.21. The van der Waals surface area contributed by atoms with E-state index in [-0.39, 0.29) is 11.5 Å². The minimum absolute atomic E-state index is 0.00234. The number of ether oxygens (including phenoxy) is 1. The molecule has 0 radical (unpaired) electrons. The van der Waals surface area contributed by atoms with Crippen LogP contribution in [0.3, 0.4) is 0 Å². The summed E-state index contributed by atoms with van der Waals surface area (Å²) >= 11 is 0. The van der Waals surface area contributed by atoms with Crippen LogP contribution >= 0.6 is 0 Å². The zero-order valence-electron chi connectivity index (χ0n) is 12.3. The van der Waals surface area contributed by atoms with Gasteiger partial charge in [0.1, 0.15) is 11.4 Å². The van der Waals surface area contributed by atoms with Crippen LogP contribution in [-0.4, -0.2) is 12.1 Å². The molecule has 1 aromatic heterocycles. The number of hydrogen-bond donors (Lipinski definition) is 2. The summed E-state index contributed by atoms with van der Waals surface area (Å²) in [5.41, 5.74) is 5.18. The molecule has 1 fully saturated rings. The van der Waals surface area contributed by atoms with Gasteiger partial charge in [0.05, 0.1) is 13.2 Å². The van der Waals surface area contributed by atoms with Gasteiger partial charge in [-0.2, -0.15) is 0 Å². The maximum absolute atomic E-state index is 5.92. The predicted molar refractivity (Wildman–Crippen MR) is 82.8 cm³/mol. The summed E-state index contributed by atoms with van der Waals surface area (Å²) < 4.78 is 5.47. The Morgan fingerprint density at radius 3 is 2.52 bits per heavy atom. The highest BCUT2D eigenvalue weighted by Gasteiger charge is 2.47. The summed E-state index contributed by atoms with van der Waals surface area (Å²) in [5.74, 6) is 6.70. The number of benzene rings is 1. The fraction of sp³-hybridized carbons (Fsp3) is 0.353. The van der Waals surface area contributed by atoms with Gasteiger partial charge in [-0.05, 0) is 30.5 Å². The van der Waals surface area contributed by atoms with Gasteiger partial charge in [-0.25, -0.2) is 0 Å². The van der Waals surface area contributed by atoms with Crippen molar-refractivity contribution in [3.05, 3.63) is 59.9 Å². The Morgan fingerprint density at radius 2 is 1.95 bits per heavy atom. The second-order valence-corrected chi connectivity index (χ2v) is 5.57. The van der Waals surface area contributed by atoms with Crippen LogP contribution in [0.5, 0.6) is 5.75 Å². The smallest absolute Gasteiger partial charge is 0.142 e. The summed E-state index contributed by atoms with van der Waals surface area (Å²) in [6, 6.07) is 14.3. The van der Waals surface area contributed by atoms with Crippen LogP contribution in [-0.2, 0) is 5.41 Å². The van der Waals surface area contributed by atoms with E-state index in [9.17, 15) is 0 Å². The van der Waals surface area contributed by atoms with Crippen LogP contribution < -0.4 is 16.0 Å². The standard InChI is InChI=1S/C17H21N3O/c1-21-14-9-5-12-19-15(14)16(20-18)17(10-6-11-17)13-7-3-2-4-8-13/h2-5,7-9,12,16,20H,6,10-11,18H2,1H3. The highest BCUT2D eigenvalue weighted by Crippen LogP contribution is 2.52. The lowest BCUT2D eigenvalue weighted by atomic mass is 9.59. The van der Waals surface area contributed by atoms with Gasteiger partial charge < -0.3 is 4.74 Å². The van der Waals surface area contributed by atoms with Crippen LogP contribution in [0.25, 0.3) is 0 Å². The predicted octanol–water partition coefficient (Wildman–Crippen LogP) is 2.72. The van der Waals surface area contributed by atoms with Gasteiger partial charge >= 0.3 is 0 Å². The molecule has 1 unspecified atom stereocenters. The van der Waals surface area contributed by atoms with E-state index < -0.39 is 0 Å². The molecule has 4 heteroatoms. The zero-order valence-corrected chi connectivity index (χ0v) is 12.3. The molecule has 3 N–H and O–H groups in total. The van der Waals surface area contributed by atoms with E-state index in [1.54, 1.807) is 13.3 Å². The summed E-state index contributed by atoms with van der Waals surface area (Å²) in [7, 11) is 1.67. The van der Waals surface area contributed by atoms with Gasteiger partial charge in [0.25, 0.3) is 0 Å². The number of rotatable bonds is 5. The molecule has 0 aliphatic heterocycles. The number of methoxy groups -OCH3 is 1. The molecule has 1 saturated carbocycles. The van der Waals surface area contributed by atoms with E-state index >= 15 is 0 Å². The maximum atomic E-state index is 5.92. The SMILES string of the molecule is COc1cccnc1C(NN)C1(c2ccccc2)CCC1. The van der Waals surface area contributed by atoms with Gasteiger partial charge in [0.15, 0.2) is 0 Å². The molecule has 1 aromatic carbocycles. The highest BCUT2D eigenvalue weighted by molar-refractivity contribution is 5.38. The van der Waals surface area contributed by atoms with Crippen molar-refractivity contribution in [2.75, 3.05) is 7.11 Å². The average molecular weight is 283 g/mol. The number of hydrogen-bond acceptors (Lipinski definition) is 4. The third-order valence-electron chi connectivity index (χ3n) is 4.61. The molecular formula is C17H21N3O. The zero-order chi connectivity index (χ0) is 14.7. The summed E-state index contributed by atoms with van der Waals surface area (Å²) in [5, 5.41) is 0. The highest BCUT2D eigenvalue weighted by atomic mass is 16.5. The van der Waals surface area contributed by atoms with Crippen molar-refractivity contribution >= 4 is 0 Å². The minimum atomic E-state index is -0.0511. The fourth-order valence-electron chi connectivity index (χ4n) is 3.36. The molecule has 0 spiro atoms. The first-order valence-corrected chi connectivity index (χ1v) is 7.32. The van der Waals surface area contributed by atoms with Gasteiger partial charge in [-0.3, -0.25) is 16.3 Å². The lowest BCUT2D eigenvalue weighted by molar-refractivity contribution is 0.164. The molecule has 2 aromatic rings. The average Bonchev–Trinajstić information content (AvgIpc) is 2.51. The molecule has 0 bridgehead atoms. The first kappa shape index (κ1) is 14.0. The van der Waals surface area contributed by atoms with Crippen molar-refractivity contribution in [2.24, 2.45) is 5.84 Å². The molecule has 1 aliphatic rings. The molecule has 1 atom stereocenters. The molecule has 4 nitrogen and oxygen atoms in total. The van der Waals surface area contributed by atoms with Crippen molar-refractivity contribution in [1.82, 2.24) is 10.4 Å². The van der Waals surface area contributed by atoms with Crippen molar-refractivity contribution in [1.29, 1.82) is 0 Å². The van der Waals surface area contributed by atoms with Crippen LogP contribution in [0, 0.1) is 0 Å². The largest absolute Gasteiger partial charge is 0.495 e. The molecule has 110 valence electrons. The monoisotopic (exact) mass is 283 g/mol. The first-order valence-electron chi connectivity index (χ1n) is 7.32. The van der Waals surface area contributed by atoms with E-state index in [0.717, 1.165) is 24.3 Å². The third-order valence-corrected chi connectivity index (χ3v) is 4.61. The van der Waals surface area contributed by atoms with E-state index in [1.807, 2.05) is 18.2 Å². The second-order valence-electron chi connectivity index (χ2n) is 5.57. The molecule has 1 aliphatic carbocycles. The molecular weight excluding hydrogens is 262 g/mol. The van der Waals surface area contributed by atoms with Gasteiger partial charge in [-0.15, -0.1) is 0 Å². The maximum Gasteiger partial charge on any atom is 0.142 e. The Bertz CT molecular complexity index is 596. The Labute approximate surface area is 125 Å². The van der Waals surface area contributed by atoms with Crippen molar-refractivity contribution in [2.45, 2.75) is 30.7 Å². The van der Waals surface area contributed by atoms with Gasteiger partial charge in [0.2, 0.25) is 0 Å². The lowest BCUT2D eigenvalue weighted by Crippen LogP contribution is -2.49. The van der Waals surface area contributed by atoms with Crippen LogP contribution in [0.1, 0.15) is 36.6 Å². The molecule has 3 rings (SSSR count). The van der Waals surface area contributed by atoms with E-state index in [0.29, 0.717) is 0 Å². The van der Waals surface area contributed by atoms with E-state index in [4.69, 9.17) is 10.6 Å². The molecule has 0 amide bonds. The molecule has 1 heterocycles. The summed E-state index contributed by atoms with van der Waals surface area (Å²) in [4.78, 5) is 4.53. The molecule has 0 saturated heterocycles. The quantitative estimate of drug-likeness (QED) is 0.654. The normalized spacial score (nSPS) is 17.8. The summed E-state index contributed by atoms with van der Waals surface area (Å²) in [6.45, 7) is 0. The van der Waals surface area contributed by atoms with Crippen LogP contribution in [0.2, 0.25) is 0 Å². The van der Waals surface area contributed by atoms with E-state index in [1.165, 1.54) is 12.0 Å². The Balaban J connectivity index is 2.06. The van der Waals surface area contributed by atoms with Crippen molar-refractivity contribution < 1.29 is 4.74 Å². The Morgan fingerprint density at radius 1 is 1.19 bits per heavy atom. The Kier molecular flexibility index (Phi) is 3.90. The van der Waals surface area contributed by atoms with Crippen LogP contribution in [0.15, 0.2) is 48.7 Å². The lowest BCUT2D eigenvalue weighted by Gasteiger charge is -2.48. The number of nitrogens with two attached hydrogens (primary N) is 1. The van der Waals surface area contributed by atoms with Crippen LogP contribution in [0.4, 0.5) is 0 Å². The van der Waals surface area contributed by atoms with Gasteiger partial charge in [0, 0.05) is 11.6 Å². The topological polar surface area (TPSA) is 60.2 Å². The number of nitrogens with zero attached hydrogens (tertiary/aromatic N) is 1. The number of aromatic nitrogens is 1. The first-order chi connectivity index (χ1) is 10.3.